The zero-order chi connectivity index (χ0) is 14.8. The van der Waals surface area contributed by atoms with Gasteiger partial charge in [-0.3, -0.25) is 4.79 Å². The molecule has 3 aliphatic carbocycles. The number of rotatable bonds is 1. The van der Waals surface area contributed by atoms with E-state index in [1.165, 1.54) is 25.7 Å². The normalized spacial score (nSPS) is 52.3. The van der Waals surface area contributed by atoms with E-state index in [1.807, 2.05) is 0 Å². The predicted octanol–water partition coefficient (Wildman–Crippen LogP) is 3.76. The zero-order valence-electron chi connectivity index (χ0n) is 13.5. The lowest BCUT2D eigenvalue weighted by atomic mass is 9.62. The highest BCUT2D eigenvalue weighted by Crippen LogP contribution is 2.59. The molecule has 0 radical (unpaired) electrons. The number of fused-ring (bicyclic) bond motifs is 4. The summed E-state index contributed by atoms with van der Waals surface area (Å²) in [5, 5.41) is 0. The molecule has 3 saturated carbocycles. The number of carbonyl (C=O) groups is 1. The summed E-state index contributed by atoms with van der Waals surface area (Å²) >= 11 is 0. The molecule has 118 valence electrons. The standard InChI is InChI=1S/C18H28O3/c1-10(2)14-8-7-11(3)9-18(14)20-16-13-6-4-5-12(13)15(16)17(19)21-18/h10-16H,4-9H2,1-3H3/t11-,12+,13-,14+,15-,16+,18-/m1/s1. The Morgan fingerprint density at radius 2 is 1.90 bits per heavy atom. The van der Waals surface area contributed by atoms with Crippen molar-refractivity contribution in [2.75, 3.05) is 0 Å². The van der Waals surface area contributed by atoms with Crippen LogP contribution in [0.25, 0.3) is 0 Å². The molecule has 0 amide bonds. The number of hydrogen-bond acceptors (Lipinski definition) is 3. The van der Waals surface area contributed by atoms with Crippen molar-refractivity contribution in [1.29, 1.82) is 0 Å². The Bertz CT molecular complexity index is 446. The van der Waals surface area contributed by atoms with Crippen molar-refractivity contribution in [3.8, 4) is 0 Å². The van der Waals surface area contributed by atoms with E-state index in [1.54, 1.807) is 0 Å². The molecule has 0 unspecified atom stereocenters. The number of hydrogen-bond donors (Lipinski definition) is 0. The third kappa shape index (κ3) is 1.92. The van der Waals surface area contributed by atoms with Crippen molar-refractivity contribution in [3.63, 3.8) is 0 Å². The second-order valence-corrected chi connectivity index (χ2v) is 8.34. The van der Waals surface area contributed by atoms with Crippen LogP contribution >= 0.6 is 0 Å². The van der Waals surface area contributed by atoms with E-state index in [0.29, 0.717) is 29.6 Å². The Labute approximate surface area is 127 Å². The maximum Gasteiger partial charge on any atom is 0.314 e. The zero-order valence-corrected chi connectivity index (χ0v) is 13.5. The smallest absolute Gasteiger partial charge is 0.314 e. The molecule has 1 spiro atoms. The lowest BCUT2D eigenvalue weighted by Gasteiger charge is -2.58. The molecule has 0 aromatic carbocycles. The van der Waals surface area contributed by atoms with Gasteiger partial charge in [0.25, 0.3) is 0 Å². The van der Waals surface area contributed by atoms with Crippen LogP contribution in [-0.4, -0.2) is 17.9 Å². The van der Waals surface area contributed by atoms with Crippen LogP contribution in [0, 0.1) is 35.5 Å². The van der Waals surface area contributed by atoms with Crippen LogP contribution in [0.2, 0.25) is 0 Å². The highest BCUT2D eigenvalue weighted by atomic mass is 16.7. The molecule has 0 aromatic rings. The Morgan fingerprint density at radius 3 is 2.67 bits per heavy atom. The SMILES string of the molecule is CC(C)[C@@H]1CC[C@@H](C)C[C@@]12OC(=O)[C@@H]1[C@H]3CCC[C@H]3[C@@H]1O2. The molecular weight excluding hydrogens is 264 g/mol. The molecule has 0 aromatic heterocycles. The second kappa shape index (κ2) is 4.71. The van der Waals surface area contributed by atoms with Gasteiger partial charge in [-0.15, -0.1) is 0 Å². The molecule has 4 aliphatic rings. The van der Waals surface area contributed by atoms with E-state index >= 15 is 0 Å². The third-order valence-corrected chi connectivity index (χ3v) is 6.72. The summed E-state index contributed by atoms with van der Waals surface area (Å²) < 4.78 is 12.6. The molecule has 0 N–H and O–H groups in total. The van der Waals surface area contributed by atoms with Crippen molar-refractivity contribution in [2.24, 2.45) is 35.5 Å². The number of ether oxygens (including phenoxy) is 2. The van der Waals surface area contributed by atoms with Crippen LogP contribution in [0.15, 0.2) is 0 Å². The highest BCUT2D eigenvalue weighted by Gasteiger charge is 2.65. The summed E-state index contributed by atoms with van der Waals surface area (Å²) in [6, 6.07) is 0. The number of carbonyl (C=O) groups excluding carboxylic acids is 1. The first-order valence-electron chi connectivity index (χ1n) is 8.92. The van der Waals surface area contributed by atoms with Crippen molar-refractivity contribution in [2.45, 2.75) is 71.2 Å². The summed E-state index contributed by atoms with van der Waals surface area (Å²) in [5.74, 6) is 2.12. The monoisotopic (exact) mass is 292 g/mol. The fourth-order valence-corrected chi connectivity index (χ4v) is 5.72. The lowest BCUT2D eigenvalue weighted by Crippen LogP contribution is -2.66. The Kier molecular flexibility index (Phi) is 3.15. The molecule has 1 saturated heterocycles. The minimum absolute atomic E-state index is 0.0492. The molecule has 4 rings (SSSR count). The fraction of sp³-hybridized carbons (Fsp3) is 0.944. The predicted molar refractivity (Wildman–Crippen MR) is 79.4 cm³/mol. The average Bonchev–Trinajstić information content (AvgIpc) is 2.79. The Morgan fingerprint density at radius 1 is 1.14 bits per heavy atom. The van der Waals surface area contributed by atoms with E-state index < -0.39 is 5.79 Å². The summed E-state index contributed by atoms with van der Waals surface area (Å²) in [7, 11) is 0. The van der Waals surface area contributed by atoms with E-state index in [9.17, 15) is 4.79 Å². The maximum atomic E-state index is 12.6. The van der Waals surface area contributed by atoms with Gasteiger partial charge in [0.1, 0.15) is 0 Å². The van der Waals surface area contributed by atoms with Crippen LogP contribution in [-0.2, 0) is 14.3 Å². The third-order valence-electron chi connectivity index (χ3n) is 6.72. The Hall–Kier alpha value is -0.570. The highest BCUT2D eigenvalue weighted by molar-refractivity contribution is 5.76. The van der Waals surface area contributed by atoms with Gasteiger partial charge in [-0.2, -0.15) is 0 Å². The van der Waals surface area contributed by atoms with Gasteiger partial charge in [0.2, 0.25) is 5.79 Å². The van der Waals surface area contributed by atoms with Crippen LogP contribution in [0.3, 0.4) is 0 Å². The van der Waals surface area contributed by atoms with Gasteiger partial charge < -0.3 is 9.47 Å². The quantitative estimate of drug-likeness (QED) is 0.690. The first-order chi connectivity index (χ1) is 10.0. The molecule has 4 fully saturated rings. The van der Waals surface area contributed by atoms with Gasteiger partial charge in [0.05, 0.1) is 12.0 Å². The van der Waals surface area contributed by atoms with Gasteiger partial charge in [-0.05, 0) is 49.4 Å². The molecule has 0 bridgehead atoms. The summed E-state index contributed by atoms with van der Waals surface area (Å²) in [5.41, 5.74) is 0. The molecule has 21 heavy (non-hydrogen) atoms. The largest absolute Gasteiger partial charge is 0.432 e. The van der Waals surface area contributed by atoms with Gasteiger partial charge in [0.15, 0.2) is 0 Å². The van der Waals surface area contributed by atoms with Crippen LogP contribution in [0.5, 0.6) is 0 Å². The van der Waals surface area contributed by atoms with E-state index in [-0.39, 0.29) is 18.0 Å². The maximum absolute atomic E-state index is 12.6. The molecule has 1 heterocycles. The van der Waals surface area contributed by atoms with E-state index in [2.05, 4.69) is 20.8 Å². The van der Waals surface area contributed by atoms with Crippen LogP contribution in [0.4, 0.5) is 0 Å². The van der Waals surface area contributed by atoms with Gasteiger partial charge >= 0.3 is 5.97 Å². The second-order valence-electron chi connectivity index (χ2n) is 8.34. The van der Waals surface area contributed by atoms with Gasteiger partial charge in [-0.1, -0.05) is 27.2 Å². The minimum Gasteiger partial charge on any atom is -0.432 e. The summed E-state index contributed by atoms with van der Waals surface area (Å²) in [4.78, 5) is 12.6. The van der Waals surface area contributed by atoms with E-state index in [0.717, 1.165) is 12.8 Å². The molecule has 1 aliphatic heterocycles. The minimum atomic E-state index is -0.613. The van der Waals surface area contributed by atoms with Crippen molar-refractivity contribution in [1.82, 2.24) is 0 Å². The van der Waals surface area contributed by atoms with E-state index in [4.69, 9.17) is 9.47 Å². The van der Waals surface area contributed by atoms with Crippen LogP contribution in [0.1, 0.15) is 59.3 Å². The number of esters is 1. The van der Waals surface area contributed by atoms with Crippen molar-refractivity contribution in [3.05, 3.63) is 0 Å². The topological polar surface area (TPSA) is 35.5 Å². The first kappa shape index (κ1) is 14.0. The van der Waals surface area contributed by atoms with Crippen LogP contribution < -0.4 is 0 Å². The molecular formula is C18H28O3. The average molecular weight is 292 g/mol. The van der Waals surface area contributed by atoms with Crippen molar-refractivity contribution >= 4 is 5.97 Å². The molecule has 3 heteroatoms. The lowest BCUT2D eigenvalue weighted by molar-refractivity contribution is -0.359. The van der Waals surface area contributed by atoms with Crippen molar-refractivity contribution < 1.29 is 14.3 Å². The van der Waals surface area contributed by atoms with Gasteiger partial charge in [-0.25, -0.2) is 0 Å². The van der Waals surface area contributed by atoms with Gasteiger partial charge in [0, 0.05) is 12.3 Å². The Balaban J connectivity index is 1.63. The molecule has 3 nitrogen and oxygen atoms in total. The fourth-order valence-electron chi connectivity index (χ4n) is 5.72. The first-order valence-corrected chi connectivity index (χ1v) is 8.92. The summed E-state index contributed by atoms with van der Waals surface area (Å²) in [6.45, 7) is 6.75. The summed E-state index contributed by atoms with van der Waals surface area (Å²) in [6.07, 6.45) is 7.10. The molecule has 7 atom stereocenters.